The first kappa shape index (κ1) is 12.1. The fourth-order valence-corrected chi connectivity index (χ4v) is 2.40. The zero-order chi connectivity index (χ0) is 12.6. The van der Waals surface area contributed by atoms with Crippen LogP contribution in [-0.2, 0) is 11.3 Å². The Hall–Kier alpha value is -1.39. The molecule has 0 fully saturated rings. The van der Waals surface area contributed by atoms with Gasteiger partial charge in [0.15, 0.2) is 5.82 Å². The van der Waals surface area contributed by atoms with E-state index in [1.807, 2.05) is 11.8 Å². The van der Waals surface area contributed by atoms with Crippen LogP contribution in [0.25, 0.3) is 0 Å². The van der Waals surface area contributed by atoms with Gasteiger partial charge in [0.1, 0.15) is 5.82 Å². The van der Waals surface area contributed by atoms with E-state index in [0.29, 0.717) is 18.9 Å². The van der Waals surface area contributed by atoms with Crippen LogP contribution in [0.1, 0.15) is 44.9 Å². The van der Waals surface area contributed by atoms with Gasteiger partial charge in [0.25, 0.3) is 0 Å². The SMILES string of the molecule is Cc1nnc2n1C(C)CN(C(=O)CC(C)C)C2. The van der Waals surface area contributed by atoms with Gasteiger partial charge in [-0.15, -0.1) is 10.2 Å². The van der Waals surface area contributed by atoms with E-state index in [9.17, 15) is 4.79 Å². The topological polar surface area (TPSA) is 51.0 Å². The molecule has 2 heterocycles. The lowest BCUT2D eigenvalue weighted by atomic mass is 10.1. The average Bonchev–Trinajstić information content (AvgIpc) is 2.59. The molecule has 5 nitrogen and oxygen atoms in total. The van der Waals surface area contributed by atoms with Crippen molar-refractivity contribution in [1.29, 1.82) is 0 Å². The van der Waals surface area contributed by atoms with Crippen molar-refractivity contribution in [3.8, 4) is 0 Å². The molecule has 1 unspecified atom stereocenters. The summed E-state index contributed by atoms with van der Waals surface area (Å²) in [5, 5.41) is 8.22. The third kappa shape index (κ3) is 2.33. The summed E-state index contributed by atoms with van der Waals surface area (Å²) < 4.78 is 2.12. The summed E-state index contributed by atoms with van der Waals surface area (Å²) in [6.45, 7) is 9.55. The molecule has 0 bridgehead atoms. The molecule has 1 aliphatic rings. The van der Waals surface area contributed by atoms with Crippen molar-refractivity contribution < 1.29 is 4.79 Å². The Bertz CT molecular complexity index is 424. The lowest BCUT2D eigenvalue weighted by molar-refractivity contribution is -0.134. The van der Waals surface area contributed by atoms with Gasteiger partial charge in [-0.05, 0) is 19.8 Å². The zero-order valence-corrected chi connectivity index (χ0v) is 11.0. The molecule has 0 aromatic carbocycles. The van der Waals surface area contributed by atoms with Crippen LogP contribution in [0.3, 0.4) is 0 Å². The number of hydrogen-bond acceptors (Lipinski definition) is 3. The van der Waals surface area contributed by atoms with Crippen LogP contribution in [0.5, 0.6) is 0 Å². The van der Waals surface area contributed by atoms with Crippen LogP contribution in [0, 0.1) is 12.8 Å². The maximum atomic E-state index is 12.0. The normalized spacial score (nSPS) is 19.6. The highest BCUT2D eigenvalue weighted by atomic mass is 16.2. The minimum atomic E-state index is 0.221. The van der Waals surface area contributed by atoms with Crippen molar-refractivity contribution in [2.24, 2.45) is 5.92 Å². The molecule has 1 atom stereocenters. The van der Waals surface area contributed by atoms with Crippen LogP contribution in [0.15, 0.2) is 0 Å². The van der Waals surface area contributed by atoms with E-state index >= 15 is 0 Å². The molecular formula is C12H20N4O. The number of rotatable bonds is 2. The van der Waals surface area contributed by atoms with Crippen molar-refractivity contribution in [1.82, 2.24) is 19.7 Å². The largest absolute Gasteiger partial charge is 0.333 e. The molecular weight excluding hydrogens is 216 g/mol. The second-order valence-electron chi connectivity index (χ2n) is 5.25. The van der Waals surface area contributed by atoms with Crippen LogP contribution < -0.4 is 0 Å². The molecule has 5 heteroatoms. The van der Waals surface area contributed by atoms with Crippen LogP contribution in [0.4, 0.5) is 0 Å². The summed E-state index contributed by atoms with van der Waals surface area (Å²) in [5.41, 5.74) is 0. The van der Waals surface area contributed by atoms with Crippen molar-refractivity contribution in [3.63, 3.8) is 0 Å². The smallest absolute Gasteiger partial charge is 0.223 e. The lowest BCUT2D eigenvalue weighted by Crippen LogP contribution is -2.41. The second kappa shape index (κ2) is 4.47. The van der Waals surface area contributed by atoms with Gasteiger partial charge in [-0.3, -0.25) is 4.79 Å². The first-order valence-corrected chi connectivity index (χ1v) is 6.17. The van der Waals surface area contributed by atoms with Gasteiger partial charge in [-0.25, -0.2) is 0 Å². The highest BCUT2D eigenvalue weighted by molar-refractivity contribution is 5.76. The third-order valence-corrected chi connectivity index (χ3v) is 3.13. The van der Waals surface area contributed by atoms with Gasteiger partial charge >= 0.3 is 0 Å². The summed E-state index contributed by atoms with van der Waals surface area (Å²) in [6.07, 6.45) is 0.611. The van der Waals surface area contributed by atoms with Gasteiger partial charge in [0.05, 0.1) is 12.6 Å². The van der Waals surface area contributed by atoms with E-state index in [1.54, 1.807) is 0 Å². The van der Waals surface area contributed by atoms with Crippen molar-refractivity contribution in [3.05, 3.63) is 11.6 Å². The summed E-state index contributed by atoms with van der Waals surface area (Å²) in [7, 11) is 0. The molecule has 0 saturated carbocycles. The molecule has 0 spiro atoms. The monoisotopic (exact) mass is 236 g/mol. The predicted octanol–water partition coefficient (Wildman–Crippen LogP) is 1.54. The van der Waals surface area contributed by atoms with E-state index in [-0.39, 0.29) is 11.9 Å². The summed E-state index contributed by atoms with van der Waals surface area (Å²) in [4.78, 5) is 13.9. The number of carbonyl (C=O) groups is 1. The maximum Gasteiger partial charge on any atom is 0.223 e. The Kier molecular flexibility index (Phi) is 3.17. The Morgan fingerprint density at radius 3 is 2.82 bits per heavy atom. The molecule has 1 aromatic heterocycles. The molecule has 1 amide bonds. The van der Waals surface area contributed by atoms with Gasteiger partial charge < -0.3 is 9.47 Å². The third-order valence-electron chi connectivity index (χ3n) is 3.13. The molecule has 17 heavy (non-hydrogen) atoms. The van der Waals surface area contributed by atoms with E-state index in [2.05, 4.69) is 35.5 Å². The van der Waals surface area contributed by atoms with Crippen molar-refractivity contribution in [2.75, 3.05) is 6.54 Å². The first-order chi connectivity index (χ1) is 7.99. The molecule has 1 aromatic rings. The highest BCUT2D eigenvalue weighted by Crippen LogP contribution is 2.22. The summed E-state index contributed by atoms with van der Waals surface area (Å²) >= 11 is 0. The first-order valence-electron chi connectivity index (χ1n) is 6.17. The van der Waals surface area contributed by atoms with E-state index in [1.165, 1.54) is 0 Å². The quantitative estimate of drug-likeness (QED) is 0.782. The standard InChI is InChI=1S/C12H20N4O/c1-8(2)5-12(17)15-6-9(3)16-10(4)13-14-11(16)7-15/h8-9H,5-7H2,1-4H3. The van der Waals surface area contributed by atoms with Crippen LogP contribution in [0.2, 0.25) is 0 Å². The zero-order valence-electron chi connectivity index (χ0n) is 11.0. The number of aryl methyl sites for hydroxylation is 1. The highest BCUT2D eigenvalue weighted by Gasteiger charge is 2.27. The number of amides is 1. The van der Waals surface area contributed by atoms with E-state index in [4.69, 9.17) is 0 Å². The minimum absolute atomic E-state index is 0.221. The fourth-order valence-electron chi connectivity index (χ4n) is 2.40. The Morgan fingerprint density at radius 2 is 2.18 bits per heavy atom. The predicted molar refractivity (Wildman–Crippen MR) is 64.3 cm³/mol. The molecule has 0 N–H and O–H groups in total. The molecule has 2 rings (SSSR count). The number of carbonyl (C=O) groups excluding carboxylic acids is 1. The molecule has 1 aliphatic heterocycles. The lowest BCUT2D eigenvalue weighted by Gasteiger charge is -2.32. The minimum Gasteiger partial charge on any atom is -0.333 e. The van der Waals surface area contributed by atoms with Crippen molar-refractivity contribution >= 4 is 5.91 Å². The molecule has 0 aliphatic carbocycles. The molecule has 0 radical (unpaired) electrons. The molecule has 94 valence electrons. The van der Waals surface area contributed by atoms with Gasteiger partial charge in [0.2, 0.25) is 5.91 Å². The molecule has 0 saturated heterocycles. The summed E-state index contributed by atoms with van der Waals surface area (Å²) in [5.74, 6) is 2.46. The van der Waals surface area contributed by atoms with E-state index in [0.717, 1.165) is 18.2 Å². The second-order valence-corrected chi connectivity index (χ2v) is 5.25. The van der Waals surface area contributed by atoms with Gasteiger partial charge in [-0.2, -0.15) is 0 Å². The van der Waals surface area contributed by atoms with Crippen molar-refractivity contribution in [2.45, 2.75) is 46.7 Å². The maximum absolute atomic E-state index is 12.0. The van der Waals surface area contributed by atoms with Gasteiger partial charge in [0, 0.05) is 13.0 Å². The van der Waals surface area contributed by atoms with E-state index < -0.39 is 0 Å². The van der Waals surface area contributed by atoms with Gasteiger partial charge in [-0.1, -0.05) is 13.8 Å². The van der Waals surface area contributed by atoms with Crippen LogP contribution >= 0.6 is 0 Å². The van der Waals surface area contributed by atoms with Crippen LogP contribution in [-0.4, -0.2) is 32.1 Å². The number of fused-ring (bicyclic) bond motifs is 1. The number of hydrogen-bond donors (Lipinski definition) is 0. The number of nitrogens with zero attached hydrogens (tertiary/aromatic N) is 4. The Labute approximate surface area is 102 Å². The fraction of sp³-hybridized carbons (Fsp3) is 0.750. The number of aromatic nitrogens is 3. The Morgan fingerprint density at radius 1 is 1.47 bits per heavy atom. The Balaban J connectivity index is 2.14. The summed E-state index contributed by atoms with van der Waals surface area (Å²) in [6, 6.07) is 0.268. The average molecular weight is 236 g/mol.